The third-order valence-corrected chi connectivity index (χ3v) is 5.35. The number of benzene rings is 2. The third kappa shape index (κ3) is 4.27. The number of urea groups is 1. The molecule has 0 unspecified atom stereocenters. The van der Waals surface area contributed by atoms with Crippen LogP contribution in [0.1, 0.15) is 48.3 Å². The summed E-state index contributed by atoms with van der Waals surface area (Å²) in [6.07, 6.45) is -5.35. The van der Waals surface area contributed by atoms with E-state index in [4.69, 9.17) is 0 Å². The van der Waals surface area contributed by atoms with Crippen LogP contribution in [-0.4, -0.2) is 28.8 Å². The van der Waals surface area contributed by atoms with Gasteiger partial charge in [0.2, 0.25) is 5.72 Å². The van der Waals surface area contributed by atoms with Gasteiger partial charge in [-0.15, -0.1) is 0 Å². The first-order chi connectivity index (χ1) is 14.2. The summed E-state index contributed by atoms with van der Waals surface area (Å²) in [4.78, 5) is 25.2. The van der Waals surface area contributed by atoms with Crippen molar-refractivity contribution in [2.75, 3.05) is 0 Å². The smallest absolute Gasteiger partial charge is 0.363 e. The molecule has 5 nitrogen and oxygen atoms in total. The first-order valence-electron chi connectivity index (χ1n) is 9.52. The van der Waals surface area contributed by atoms with Gasteiger partial charge in [0, 0.05) is 5.56 Å². The van der Waals surface area contributed by atoms with Crippen LogP contribution in [0.2, 0.25) is 0 Å². The fourth-order valence-corrected chi connectivity index (χ4v) is 3.60. The number of alkyl halides is 3. The molecule has 3 N–H and O–H groups in total. The Labute approximate surface area is 176 Å². The fraction of sp³-hybridized carbons (Fsp3) is 0.364. The maximum absolute atomic E-state index is 13.9. The van der Waals surface area contributed by atoms with E-state index in [-0.39, 0.29) is 16.5 Å². The fourth-order valence-electron chi connectivity index (χ4n) is 3.60. The highest BCUT2D eigenvalue weighted by atomic mass is 19.4. The summed E-state index contributed by atoms with van der Waals surface area (Å²) in [5.74, 6) is -3.93. The second-order valence-corrected chi connectivity index (χ2v) is 8.56. The SMILES string of the molecule is CC(C)(C)c1ccc([C@H]2NC(=O)N[C@@](O)(C(F)(F)F)[C@@H]2C(=O)c2ccc(F)cc2)cc1. The predicted molar refractivity (Wildman–Crippen MR) is 105 cm³/mol. The Balaban J connectivity index is 2.13. The normalized spacial score (nSPS) is 24.3. The molecule has 2 amide bonds. The zero-order valence-corrected chi connectivity index (χ0v) is 17.0. The highest BCUT2D eigenvalue weighted by molar-refractivity contribution is 6.00. The highest BCUT2D eigenvalue weighted by Crippen LogP contribution is 2.44. The zero-order chi connectivity index (χ0) is 23.2. The van der Waals surface area contributed by atoms with Crippen molar-refractivity contribution in [1.82, 2.24) is 10.6 Å². The molecule has 166 valence electrons. The Kier molecular flexibility index (Phi) is 5.60. The first kappa shape index (κ1) is 22.7. The molecule has 2 aromatic rings. The molecule has 2 aromatic carbocycles. The number of nitrogens with one attached hydrogen (secondary N) is 2. The van der Waals surface area contributed by atoms with Gasteiger partial charge >= 0.3 is 12.2 Å². The Morgan fingerprint density at radius 1 is 1.00 bits per heavy atom. The van der Waals surface area contributed by atoms with E-state index in [2.05, 4.69) is 5.32 Å². The van der Waals surface area contributed by atoms with Crippen molar-refractivity contribution < 1.29 is 32.3 Å². The molecule has 1 aliphatic heterocycles. The molecular formula is C22H22F4N2O3. The number of rotatable bonds is 3. The summed E-state index contributed by atoms with van der Waals surface area (Å²) in [6.45, 7) is 5.87. The molecule has 0 bridgehead atoms. The maximum atomic E-state index is 13.9. The van der Waals surface area contributed by atoms with Crippen molar-refractivity contribution in [3.8, 4) is 0 Å². The summed E-state index contributed by atoms with van der Waals surface area (Å²) >= 11 is 0. The molecule has 9 heteroatoms. The molecule has 3 atom stereocenters. The van der Waals surface area contributed by atoms with Crippen molar-refractivity contribution in [1.29, 1.82) is 0 Å². The number of aliphatic hydroxyl groups is 1. The van der Waals surface area contributed by atoms with Crippen molar-refractivity contribution in [2.45, 2.75) is 44.1 Å². The van der Waals surface area contributed by atoms with Crippen LogP contribution in [-0.2, 0) is 5.41 Å². The molecule has 1 aliphatic rings. The van der Waals surface area contributed by atoms with Crippen LogP contribution in [0.3, 0.4) is 0 Å². The number of amides is 2. The Hall–Kier alpha value is -2.94. The van der Waals surface area contributed by atoms with Crippen molar-refractivity contribution >= 4 is 11.8 Å². The van der Waals surface area contributed by atoms with E-state index in [1.165, 1.54) is 17.4 Å². The van der Waals surface area contributed by atoms with Gasteiger partial charge in [-0.05, 0) is 40.8 Å². The van der Waals surface area contributed by atoms with Crippen molar-refractivity contribution in [3.05, 3.63) is 71.0 Å². The molecule has 1 fully saturated rings. The molecule has 0 saturated carbocycles. The van der Waals surface area contributed by atoms with E-state index in [0.29, 0.717) is 0 Å². The van der Waals surface area contributed by atoms with E-state index in [1.54, 1.807) is 12.1 Å². The minimum atomic E-state index is -5.35. The topological polar surface area (TPSA) is 78.4 Å². The minimum Gasteiger partial charge on any atom is -0.363 e. The molecule has 0 radical (unpaired) electrons. The van der Waals surface area contributed by atoms with Crippen LogP contribution in [0.15, 0.2) is 48.5 Å². The largest absolute Gasteiger partial charge is 0.437 e. The van der Waals surface area contributed by atoms with Crippen LogP contribution in [0.5, 0.6) is 0 Å². The summed E-state index contributed by atoms with van der Waals surface area (Å²) in [6, 6.07) is 7.58. The van der Waals surface area contributed by atoms with Gasteiger partial charge < -0.3 is 15.7 Å². The summed E-state index contributed by atoms with van der Waals surface area (Å²) in [5, 5.41) is 14.3. The van der Waals surface area contributed by atoms with Crippen LogP contribution >= 0.6 is 0 Å². The third-order valence-electron chi connectivity index (χ3n) is 5.35. The first-order valence-corrected chi connectivity index (χ1v) is 9.52. The second kappa shape index (κ2) is 7.64. The summed E-state index contributed by atoms with van der Waals surface area (Å²) in [7, 11) is 0. The Morgan fingerprint density at radius 3 is 2.03 bits per heavy atom. The van der Waals surface area contributed by atoms with Crippen molar-refractivity contribution in [2.24, 2.45) is 5.92 Å². The van der Waals surface area contributed by atoms with E-state index in [9.17, 15) is 32.3 Å². The van der Waals surface area contributed by atoms with Crippen LogP contribution in [0.4, 0.5) is 22.4 Å². The quantitative estimate of drug-likeness (QED) is 0.496. The lowest BCUT2D eigenvalue weighted by molar-refractivity contribution is -0.287. The average Bonchev–Trinajstić information content (AvgIpc) is 2.66. The van der Waals surface area contributed by atoms with Gasteiger partial charge in [-0.1, -0.05) is 45.0 Å². The van der Waals surface area contributed by atoms with Crippen molar-refractivity contribution in [3.63, 3.8) is 0 Å². The maximum Gasteiger partial charge on any atom is 0.437 e. The van der Waals surface area contributed by atoms with Gasteiger partial charge in [0.05, 0.1) is 6.04 Å². The van der Waals surface area contributed by atoms with E-state index >= 15 is 0 Å². The van der Waals surface area contributed by atoms with Crippen LogP contribution < -0.4 is 10.6 Å². The van der Waals surface area contributed by atoms with Gasteiger partial charge in [-0.25, -0.2) is 9.18 Å². The molecule has 1 saturated heterocycles. The Morgan fingerprint density at radius 2 is 1.55 bits per heavy atom. The molecule has 0 aromatic heterocycles. The van der Waals surface area contributed by atoms with Crippen LogP contribution in [0.25, 0.3) is 0 Å². The van der Waals surface area contributed by atoms with E-state index in [1.807, 2.05) is 20.8 Å². The highest BCUT2D eigenvalue weighted by Gasteiger charge is 2.66. The molecule has 31 heavy (non-hydrogen) atoms. The standard InChI is InChI=1S/C22H22F4N2O3/c1-20(2,3)14-8-4-12(5-9-14)17-16(18(29)13-6-10-15(23)11-7-13)21(31,22(24,25)26)28-19(30)27-17/h4-11,16-17,31H,1-3H3,(H2,27,28,30)/t16-,17+,21-/m0/s1. The average molecular weight is 438 g/mol. The lowest BCUT2D eigenvalue weighted by Gasteiger charge is -2.45. The molecule has 3 rings (SSSR count). The lowest BCUT2D eigenvalue weighted by Crippen LogP contribution is -2.72. The second-order valence-electron chi connectivity index (χ2n) is 8.56. The molecule has 0 spiro atoms. The Bertz CT molecular complexity index is 982. The monoisotopic (exact) mass is 438 g/mol. The van der Waals surface area contributed by atoms with Gasteiger partial charge in [0.25, 0.3) is 0 Å². The van der Waals surface area contributed by atoms with Gasteiger partial charge in [-0.2, -0.15) is 13.2 Å². The molecular weight excluding hydrogens is 416 g/mol. The lowest BCUT2D eigenvalue weighted by atomic mass is 9.76. The zero-order valence-electron chi connectivity index (χ0n) is 17.0. The number of carbonyl (C=O) groups excluding carboxylic acids is 2. The molecule has 0 aliphatic carbocycles. The van der Waals surface area contributed by atoms with Gasteiger partial charge in [0.1, 0.15) is 11.7 Å². The van der Waals surface area contributed by atoms with E-state index < -0.39 is 41.5 Å². The number of hydrogen-bond acceptors (Lipinski definition) is 3. The minimum absolute atomic E-state index is 0.214. The number of hydrogen-bond donors (Lipinski definition) is 3. The van der Waals surface area contributed by atoms with Crippen LogP contribution in [0, 0.1) is 11.7 Å². The summed E-state index contributed by atoms with van der Waals surface area (Å²) in [5.41, 5.74) is -3.18. The number of carbonyl (C=O) groups is 2. The summed E-state index contributed by atoms with van der Waals surface area (Å²) < 4.78 is 54.9. The van der Waals surface area contributed by atoms with Gasteiger partial charge in [0.15, 0.2) is 5.78 Å². The predicted octanol–water partition coefficient (Wildman–Crippen LogP) is 4.23. The number of Topliss-reactive ketones (excluding diaryl/α,β-unsaturated/α-hetero) is 1. The van der Waals surface area contributed by atoms with E-state index in [0.717, 1.165) is 29.8 Å². The molecule has 1 heterocycles. The van der Waals surface area contributed by atoms with Gasteiger partial charge in [-0.3, -0.25) is 4.79 Å². The number of halogens is 4. The number of ketones is 1.